The van der Waals surface area contributed by atoms with E-state index >= 15 is 0 Å². The van der Waals surface area contributed by atoms with Crippen LogP contribution in [-0.2, 0) is 23.5 Å². The van der Waals surface area contributed by atoms with Crippen molar-refractivity contribution in [3.63, 3.8) is 0 Å². The van der Waals surface area contributed by atoms with Gasteiger partial charge in [0.15, 0.2) is 8.32 Å². The first kappa shape index (κ1) is 21.1. The molecule has 0 spiro atoms. The van der Waals surface area contributed by atoms with E-state index in [1.165, 1.54) is 7.11 Å². The Morgan fingerprint density at radius 2 is 1.55 bits per heavy atom. The molecule has 130 valence electrons. The van der Waals surface area contributed by atoms with Crippen molar-refractivity contribution in [1.29, 1.82) is 0 Å². The Balaban J connectivity index is 4.96. The zero-order valence-electron chi connectivity index (χ0n) is 15.5. The highest BCUT2D eigenvalue weighted by Crippen LogP contribution is 2.37. The smallest absolute Gasteiger partial charge is 0.312 e. The normalized spacial score (nSPS) is 14.4. The molecule has 22 heavy (non-hydrogen) atoms. The van der Waals surface area contributed by atoms with Crippen molar-refractivity contribution in [2.45, 2.75) is 71.7 Å². The quantitative estimate of drug-likeness (QED) is 0.550. The molecule has 0 aromatic heterocycles. The zero-order valence-corrected chi connectivity index (χ0v) is 16.5. The van der Waals surface area contributed by atoms with Gasteiger partial charge < -0.3 is 13.9 Å². The Bertz CT molecular complexity index is 390. The van der Waals surface area contributed by atoms with Crippen LogP contribution in [0.4, 0.5) is 0 Å². The molecular formula is C16H32O5Si. The fourth-order valence-electron chi connectivity index (χ4n) is 1.41. The molecule has 0 rings (SSSR count). The topological polar surface area (TPSA) is 61.8 Å². The second kappa shape index (κ2) is 7.59. The Hall–Kier alpha value is -0.883. The molecule has 0 fully saturated rings. The maximum Gasteiger partial charge on any atom is 0.312 e. The maximum absolute atomic E-state index is 12.3. The largest absolute Gasteiger partial charge is 0.469 e. The van der Waals surface area contributed by atoms with E-state index in [0.29, 0.717) is 0 Å². The van der Waals surface area contributed by atoms with Crippen LogP contribution >= 0.6 is 0 Å². The molecule has 5 nitrogen and oxygen atoms in total. The molecule has 0 saturated carbocycles. The number of hydrogen-bond acceptors (Lipinski definition) is 5. The molecule has 0 N–H and O–H groups in total. The molecule has 1 unspecified atom stereocenters. The fraction of sp³-hybridized carbons (Fsp3) is 0.875. The van der Waals surface area contributed by atoms with Crippen molar-refractivity contribution in [3.05, 3.63) is 0 Å². The van der Waals surface area contributed by atoms with Crippen LogP contribution in [0.3, 0.4) is 0 Å². The van der Waals surface area contributed by atoms with Crippen LogP contribution in [0.25, 0.3) is 0 Å². The van der Waals surface area contributed by atoms with Gasteiger partial charge in [-0.2, -0.15) is 0 Å². The van der Waals surface area contributed by atoms with Gasteiger partial charge in [0.05, 0.1) is 19.4 Å². The maximum atomic E-state index is 12.3. The first-order valence-corrected chi connectivity index (χ1v) is 10.5. The van der Waals surface area contributed by atoms with Gasteiger partial charge in [-0.25, -0.2) is 0 Å². The third-order valence-corrected chi connectivity index (χ3v) is 8.33. The number of methoxy groups -OCH3 is 1. The van der Waals surface area contributed by atoms with E-state index in [4.69, 9.17) is 9.16 Å². The SMILES string of the molecule is COC(=O)CC(CO[Si](C)(C)C(C)(C)C)C(=O)OC(C)(C)C. The summed E-state index contributed by atoms with van der Waals surface area (Å²) in [7, 11) is -0.685. The fourth-order valence-corrected chi connectivity index (χ4v) is 2.46. The molecule has 0 saturated heterocycles. The van der Waals surface area contributed by atoms with Crippen LogP contribution < -0.4 is 0 Å². The lowest BCUT2D eigenvalue weighted by molar-refractivity contribution is -0.164. The van der Waals surface area contributed by atoms with Crippen LogP contribution in [0.15, 0.2) is 0 Å². The second-order valence-electron chi connectivity index (χ2n) is 8.08. The van der Waals surface area contributed by atoms with E-state index in [0.717, 1.165) is 0 Å². The summed E-state index contributed by atoms with van der Waals surface area (Å²) < 4.78 is 16.1. The summed E-state index contributed by atoms with van der Waals surface area (Å²) in [6.45, 7) is 16.2. The van der Waals surface area contributed by atoms with E-state index in [1.807, 2.05) is 0 Å². The monoisotopic (exact) mass is 332 g/mol. The van der Waals surface area contributed by atoms with Gasteiger partial charge in [0, 0.05) is 6.61 Å². The summed E-state index contributed by atoms with van der Waals surface area (Å²) in [6, 6.07) is 0. The minimum atomic E-state index is -1.99. The molecule has 6 heteroatoms. The van der Waals surface area contributed by atoms with Crippen LogP contribution in [0.1, 0.15) is 48.0 Å². The molecule has 0 aromatic carbocycles. The van der Waals surface area contributed by atoms with Gasteiger partial charge in [0.1, 0.15) is 5.60 Å². The summed E-state index contributed by atoms with van der Waals surface area (Å²) in [5.74, 6) is -1.49. The highest BCUT2D eigenvalue weighted by Gasteiger charge is 2.39. The number of ether oxygens (including phenoxy) is 2. The number of esters is 2. The number of carbonyl (C=O) groups is 2. The van der Waals surface area contributed by atoms with Gasteiger partial charge in [-0.3, -0.25) is 9.59 Å². The van der Waals surface area contributed by atoms with Crippen molar-refractivity contribution in [1.82, 2.24) is 0 Å². The first-order chi connectivity index (χ1) is 9.69. The average Bonchev–Trinajstić information content (AvgIpc) is 2.30. The Kier molecular flexibility index (Phi) is 7.29. The summed E-state index contributed by atoms with van der Waals surface area (Å²) in [5, 5.41) is 0.0384. The van der Waals surface area contributed by atoms with E-state index in [2.05, 4.69) is 38.6 Å². The molecule has 0 radical (unpaired) electrons. The standard InChI is InChI=1S/C16H32O5Si/c1-15(2,3)21-14(18)12(10-13(17)19-7)11-20-22(8,9)16(4,5)6/h12H,10-11H2,1-9H3. The molecule has 0 bridgehead atoms. The number of carbonyl (C=O) groups excluding carboxylic acids is 2. The summed E-state index contributed by atoms with van der Waals surface area (Å²) in [4.78, 5) is 23.8. The predicted molar refractivity (Wildman–Crippen MR) is 89.1 cm³/mol. The molecule has 0 aliphatic heterocycles. The van der Waals surface area contributed by atoms with E-state index < -0.39 is 31.8 Å². The summed E-state index contributed by atoms with van der Waals surface area (Å²) in [5.41, 5.74) is -0.595. The van der Waals surface area contributed by atoms with Crippen molar-refractivity contribution in [2.24, 2.45) is 5.92 Å². The van der Waals surface area contributed by atoms with Gasteiger partial charge in [0.25, 0.3) is 0 Å². The molecule has 0 heterocycles. The van der Waals surface area contributed by atoms with Gasteiger partial charge >= 0.3 is 11.9 Å². The molecule has 0 amide bonds. The Morgan fingerprint density at radius 1 is 1.05 bits per heavy atom. The Morgan fingerprint density at radius 3 is 1.91 bits per heavy atom. The third-order valence-electron chi connectivity index (χ3n) is 3.83. The minimum Gasteiger partial charge on any atom is -0.469 e. The lowest BCUT2D eigenvalue weighted by atomic mass is 10.1. The van der Waals surface area contributed by atoms with Gasteiger partial charge in [-0.1, -0.05) is 20.8 Å². The highest BCUT2D eigenvalue weighted by molar-refractivity contribution is 6.74. The number of hydrogen-bond donors (Lipinski definition) is 0. The molecule has 0 aromatic rings. The Labute approximate surface area is 135 Å². The van der Waals surface area contributed by atoms with Crippen molar-refractivity contribution >= 4 is 20.3 Å². The number of rotatable bonds is 6. The van der Waals surface area contributed by atoms with Crippen LogP contribution in [0, 0.1) is 5.92 Å². The molecule has 0 aliphatic carbocycles. The molecular weight excluding hydrogens is 300 g/mol. The van der Waals surface area contributed by atoms with Gasteiger partial charge in [-0.05, 0) is 38.9 Å². The van der Waals surface area contributed by atoms with Crippen LogP contribution in [-0.4, -0.2) is 39.6 Å². The van der Waals surface area contributed by atoms with Gasteiger partial charge in [0.2, 0.25) is 0 Å². The third kappa shape index (κ3) is 7.40. The van der Waals surface area contributed by atoms with E-state index in [1.54, 1.807) is 20.8 Å². The lowest BCUT2D eigenvalue weighted by Crippen LogP contribution is -2.43. The average molecular weight is 333 g/mol. The summed E-state index contributed by atoms with van der Waals surface area (Å²) >= 11 is 0. The van der Waals surface area contributed by atoms with Crippen molar-refractivity contribution in [3.8, 4) is 0 Å². The van der Waals surface area contributed by atoms with Gasteiger partial charge in [-0.15, -0.1) is 0 Å². The predicted octanol–water partition coefficient (Wildman–Crippen LogP) is 3.53. The van der Waals surface area contributed by atoms with E-state index in [9.17, 15) is 9.59 Å². The van der Waals surface area contributed by atoms with Crippen LogP contribution in [0.5, 0.6) is 0 Å². The van der Waals surface area contributed by atoms with Crippen molar-refractivity contribution in [2.75, 3.05) is 13.7 Å². The molecule has 0 aliphatic rings. The van der Waals surface area contributed by atoms with Crippen molar-refractivity contribution < 1.29 is 23.5 Å². The van der Waals surface area contributed by atoms with E-state index in [-0.39, 0.29) is 18.1 Å². The summed E-state index contributed by atoms with van der Waals surface area (Å²) in [6.07, 6.45) is -0.0277. The minimum absolute atomic E-state index is 0.0277. The first-order valence-electron chi connectivity index (χ1n) is 7.63. The highest BCUT2D eigenvalue weighted by atomic mass is 28.4. The zero-order chi connectivity index (χ0) is 17.8. The second-order valence-corrected chi connectivity index (χ2v) is 12.9. The molecule has 1 atom stereocenters. The lowest BCUT2D eigenvalue weighted by Gasteiger charge is -2.37. The van der Waals surface area contributed by atoms with Crippen LogP contribution in [0.2, 0.25) is 18.1 Å².